The molecule has 30 heavy (non-hydrogen) atoms. The number of benzene rings is 2. The molecular formula is C26H32N2O2. The van der Waals surface area contributed by atoms with Gasteiger partial charge in [-0.3, -0.25) is 4.79 Å². The minimum absolute atomic E-state index is 0.0331. The second-order valence-electron chi connectivity index (χ2n) is 9.83. The number of nitriles is 1. The average molecular weight is 405 g/mol. The number of nitrogens with zero attached hydrogens (tertiary/aromatic N) is 1. The van der Waals surface area contributed by atoms with Gasteiger partial charge in [0.15, 0.2) is 0 Å². The summed E-state index contributed by atoms with van der Waals surface area (Å²) in [5, 5.41) is 12.9. The summed E-state index contributed by atoms with van der Waals surface area (Å²) in [4.78, 5) is 12.7. The van der Waals surface area contributed by atoms with Gasteiger partial charge in [-0.05, 0) is 47.4 Å². The molecule has 1 heterocycles. The highest BCUT2D eigenvalue weighted by Gasteiger charge is 2.33. The molecule has 2 aromatic rings. The van der Waals surface area contributed by atoms with Crippen LogP contribution >= 0.6 is 0 Å². The lowest BCUT2D eigenvalue weighted by molar-refractivity contribution is -0.117. The summed E-state index contributed by atoms with van der Waals surface area (Å²) in [5.41, 5.74) is 6.39. The van der Waals surface area contributed by atoms with E-state index in [1.165, 1.54) is 11.1 Å². The third kappa shape index (κ3) is 4.21. The number of rotatable bonds is 4. The Bertz CT molecular complexity index is 1010. The number of ether oxygens (including phenoxy) is 1. The molecule has 1 atom stereocenters. The Labute approximate surface area is 180 Å². The molecule has 0 bridgehead atoms. The van der Waals surface area contributed by atoms with Gasteiger partial charge in [0, 0.05) is 23.6 Å². The Morgan fingerprint density at radius 3 is 2.37 bits per heavy atom. The maximum Gasteiger partial charge on any atom is 0.224 e. The van der Waals surface area contributed by atoms with E-state index in [0.29, 0.717) is 30.3 Å². The maximum absolute atomic E-state index is 12.7. The van der Waals surface area contributed by atoms with Crippen molar-refractivity contribution in [1.82, 2.24) is 0 Å². The molecule has 2 aromatic carbocycles. The van der Waals surface area contributed by atoms with E-state index in [1.807, 2.05) is 34.6 Å². The van der Waals surface area contributed by atoms with E-state index in [1.54, 1.807) is 0 Å². The van der Waals surface area contributed by atoms with Gasteiger partial charge < -0.3 is 10.1 Å². The summed E-state index contributed by atoms with van der Waals surface area (Å²) in [7, 11) is 0. The van der Waals surface area contributed by atoms with Gasteiger partial charge >= 0.3 is 0 Å². The highest BCUT2D eigenvalue weighted by Crippen LogP contribution is 2.47. The first-order valence-electron chi connectivity index (χ1n) is 10.6. The number of nitrogens with one attached hydrogen (secondary N) is 1. The van der Waals surface area contributed by atoms with Gasteiger partial charge in [-0.2, -0.15) is 5.26 Å². The quantitative estimate of drug-likeness (QED) is 0.660. The monoisotopic (exact) mass is 404 g/mol. The third-order valence-corrected chi connectivity index (χ3v) is 5.82. The highest BCUT2D eigenvalue weighted by atomic mass is 16.5. The largest absolute Gasteiger partial charge is 0.491 e. The number of hydrogen-bond acceptors (Lipinski definition) is 3. The van der Waals surface area contributed by atoms with E-state index in [4.69, 9.17) is 4.74 Å². The van der Waals surface area contributed by atoms with E-state index in [9.17, 15) is 10.1 Å². The predicted octanol–water partition coefficient (Wildman–Crippen LogP) is 6.20. The maximum atomic E-state index is 12.7. The van der Waals surface area contributed by atoms with Crippen LogP contribution in [-0.4, -0.2) is 12.5 Å². The van der Waals surface area contributed by atoms with E-state index in [-0.39, 0.29) is 17.2 Å². The number of carbonyl (C=O) groups is 1. The Balaban J connectivity index is 2.06. The van der Waals surface area contributed by atoms with Gasteiger partial charge in [0.2, 0.25) is 5.91 Å². The lowest BCUT2D eigenvalue weighted by Gasteiger charge is -2.22. The summed E-state index contributed by atoms with van der Waals surface area (Å²) in [6.07, 6.45) is 0.418. The Kier molecular flexibility index (Phi) is 5.94. The second kappa shape index (κ2) is 8.14. The molecule has 0 radical (unpaired) electrons. The van der Waals surface area contributed by atoms with E-state index >= 15 is 0 Å². The molecule has 0 aromatic heterocycles. The van der Waals surface area contributed by atoms with Gasteiger partial charge in [0.25, 0.3) is 0 Å². The van der Waals surface area contributed by atoms with Crippen molar-refractivity contribution in [3.63, 3.8) is 0 Å². The van der Waals surface area contributed by atoms with Crippen LogP contribution in [0, 0.1) is 30.6 Å². The molecule has 0 saturated heterocycles. The van der Waals surface area contributed by atoms with Gasteiger partial charge in [-0.1, -0.05) is 58.9 Å². The standard InChI is InChI=1S/C26H32N2O2/c1-15(2)18-8-10-19(11-9-18)21-14-30-25-20(13-27)16(3)24(17(4)23(21)25)28-22(29)12-26(5,6)7/h8-11,15,21H,12,14H2,1-7H3,(H,28,29). The molecule has 4 heteroatoms. The first-order chi connectivity index (χ1) is 14.0. The van der Waals surface area contributed by atoms with E-state index in [2.05, 4.69) is 49.5 Å². The number of amides is 1. The third-order valence-electron chi connectivity index (χ3n) is 5.82. The smallest absolute Gasteiger partial charge is 0.224 e. The molecule has 4 nitrogen and oxygen atoms in total. The van der Waals surface area contributed by atoms with Gasteiger partial charge in [-0.25, -0.2) is 0 Å². The molecule has 0 spiro atoms. The lowest BCUT2D eigenvalue weighted by Crippen LogP contribution is -2.21. The van der Waals surface area contributed by atoms with Crippen LogP contribution < -0.4 is 10.1 Å². The minimum atomic E-state index is -0.107. The molecule has 0 saturated carbocycles. The van der Waals surface area contributed by atoms with Crippen molar-refractivity contribution in [1.29, 1.82) is 5.26 Å². The van der Waals surface area contributed by atoms with Gasteiger partial charge in [-0.15, -0.1) is 0 Å². The Hall–Kier alpha value is -2.80. The zero-order chi connectivity index (χ0) is 22.2. The summed E-state index contributed by atoms with van der Waals surface area (Å²) in [5.74, 6) is 1.16. The van der Waals surface area contributed by atoms with Crippen LogP contribution in [0.4, 0.5) is 5.69 Å². The number of anilines is 1. The molecule has 158 valence electrons. The lowest BCUT2D eigenvalue weighted by atomic mass is 9.85. The van der Waals surface area contributed by atoms with Crippen LogP contribution in [0.2, 0.25) is 0 Å². The zero-order valence-corrected chi connectivity index (χ0v) is 19.1. The predicted molar refractivity (Wildman–Crippen MR) is 121 cm³/mol. The van der Waals surface area contributed by atoms with Crippen LogP contribution in [0.3, 0.4) is 0 Å². The highest BCUT2D eigenvalue weighted by molar-refractivity contribution is 5.94. The van der Waals surface area contributed by atoms with E-state index < -0.39 is 0 Å². The number of hydrogen-bond donors (Lipinski definition) is 1. The van der Waals surface area contributed by atoms with Crippen LogP contribution in [0.1, 0.15) is 86.3 Å². The molecule has 1 aliphatic heterocycles. The number of carbonyl (C=O) groups excluding carboxylic acids is 1. The summed E-state index contributed by atoms with van der Waals surface area (Å²) < 4.78 is 6.03. The second-order valence-corrected chi connectivity index (χ2v) is 9.83. The Morgan fingerprint density at radius 1 is 1.20 bits per heavy atom. The van der Waals surface area contributed by atoms with Crippen LogP contribution in [0.5, 0.6) is 5.75 Å². The molecule has 1 aliphatic rings. The topological polar surface area (TPSA) is 62.1 Å². The first kappa shape index (κ1) is 21.9. The average Bonchev–Trinajstić information content (AvgIpc) is 3.09. The first-order valence-corrected chi connectivity index (χ1v) is 10.6. The minimum Gasteiger partial charge on any atom is -0.491 e. The normalized spacial score (nSPS) is 15.5. The summed E-state index contributed by atoms with van der Waals surface area (Å²) >= 11 is 0. The van der Waals surface area contributed by atoms with Gasteiger partial charge in [0.05, 0.1) is 12.2 Å². The van der Waals surface area contributed by atoms with Crippen molar-refractivity contribution < 1.29 is 9.53 Å². The molecule has 1 N–H and O–H groups in total. The van der Waals surface area contributed by atoms with Crippen LogP contribution in [-0.2, 0) is 4.79 Å². The number of fused-ring (bicyclic) bond motifs is 1. The van der Waals surface area contributed by atoms with Crippen molar-refractivity contribution >= 4 is 11.6 Å². The van der Waals surface area contributed by atoms with Crippen molar-refractivity contribution in [2.24, 2.45) is 5.41 Å². The van der Waals surface area contributed by atoms with Crippen LogP contribution in [0.25, 0.3) is 0 Å². The fraction of sp³-hybridized carbons (Fsp3) is 0.462. The van der Waals surface area contributed by atoms with Crippen molar-refractivity contribution in [2.75, 3.05) is 11.9 Å². The fourth-order valence-electron chi connectivity index (χ4n) is 4.20. The fourth-order valence-corrected chi connectivity index (χ4v) is 4.20. The molecule has 1 unspecified atom stereocenters. The molecule has 1 amide bonds. The van der Waals surface area contributed by atoms with Crippen molar-refractivity contribution in [2.45, 2.75) is 66.7 Å². The molecular weight excluding hydrogens is 372 g/mol. The summed E-state index contributed by atoms with van der Waals surface area (Å²) in [6.45, 7) is 14.9. The van der Waals surface area contributed by atoms with Crippen molar-refractivity contribution in [3.05, 3.63) is 57.6 Å². The SMILES string of the molecule is Cc1c(C#N)c2c(c(C)c1NC(=O)CC(C)(C)C)C(c1ccc(C(C)C)cc1)CO2. The summed E-state index contributed by atoms with van der Waals surface area (Å²) in [6, 6.07) is 10.9. The van der Waals surface area contributed by atoms with Crippen LogP contribution in [0.15, 0.2) is 24.3 Å². The molecule has 3 rings (SSSR count). The van der Waals surface area contributed by atoms with Crippen molar-refractivity contribution in [3.8, 4) is 11.8 Å². The van der Waals surface area contributed by atoms with Gasteiger partial charge in [0.1, 0.15) is 11.8 Å². The molecule has 0 fully saturated rings. The van der Waals surface area contributed by atoms with E-state index in [0.717, 1.165) is 22.4 Å². The zero-order valence-electron chi connectivity index (χ0n) is 19.1. The Morgan fingerprint density at radius 2 is 1.83 bits per heavy atom. The molecule has 0 aliphatic carbocycles.